The molecule has 4 aliphatic heterocycles. The molecule has 0 bridgehead atoms. The molecule has 10 nitrogen and oxygen atoms in total. The minimum atomic E-state index is -0.883. The minimum Gasteiger partial charge on any atom is -0.481 e. The average Bonchev–Trinajstić information content (AvgIpc) is 3.53. The number of rotatable bonds is 11. The summed E-state index contributed by atoms with van der Waals surface area (Å²) >= 11 is 1.40. The van der Waals surface area contributed by atoms with Crippen LogP contribution in [0.4, 0.5) is 0 Å². The zero-order chi connectivity index (χ0) is 31.9. The third kappa shape index (κ3) is 6.34. The lowest BCUT2D eigenvalue weighted by Crippen LogP contribution is -2.36. The van der Waals surface area contributed by atoms with E-state index in [1.165, 1.54) is 17.8 Å². The Hall–Kier alpha value is -3.83. The molecule has 2 fully saturated rings. The number of aliphatic hydroxyl groups excluding tert-OH is 2. The van der Waals surface area contributed by atoms with Crippen molar-refractivity contribution in [3.05, 3.63) is 80.9 Å². The van der Waals surface area contributed by atoms with Crippen molar-refractivity contribution in [3.63, 3.8) is 0 Å². The second-order valence-electron chi connectivity index (χ2n) is 12.2. The zero-order valence-electron chi connectivity index (χ0n) is 25.6. The Kier molecular flexibility index (Phi) is 9.08. The molecule has 5 heterocycles. The second-order valence-corrected chi connectivity index (χ2v) is 13.6. The summed E-state index contributed by atoms with van der Waals surface area (Å²) in [6, 6.07) is -0.294. The predicted octanol–water partition coefficient (Wildman–Crippen LogP) is 3.42. The number of nitrogens with one attached hydrogen (secondary N) is 4. The van der Waals surface area contributed by atoms with Crippen molar-refractivity contribution < 1.29 is 30.0 Å². The van der Waals surface area contributed by atoms with Crippen molar-refractivity contribution in [2.45, 2.75) is 76.9 Å². The van der Waals surface area contributed by atoms with Crippen LogP contribution >= 0.6 is 0 Å². The van der Waals surface area contributed by atoms with E-state index in [2.05, 4.69) is 40.5 Å². The number of H-pyrrole nitrogens is 1. The van der Waals surface area contributed by atoms with E-state index < -0.39 is 18.1 Å². The summed E-state index contributed by atoms with van der Waals surface area (Å²) in [5.41, 5.74) is 8.69. The number of amides is 1. The highest BCUT2D eigenvalue weighted by atomic mass is 32.2. The number of allylic oxidation sites excluding steroid dienone is 3. The Labute approximate surface area is 261 Å². The number of carboxylic acids is 1. The van der Waals surface area contributed by atoms with Gasteiger partial charge in [-0.3, -0.25) is 9.59 Å². The zero-order valence-corrected chi connectivity index (χ0v) is 26.5. The highest BCUT2D eigenvalue weighted by Crippen LogP contribution is 2.40. The van der Waals surface area contributed by atoms with Crippen LogP contribution in [-0.2, 0) is 27.8 Å². The maximum absolute atomic E-state index is 12.4. The molecule has 0 radical (unpaired) electrons. The van der Waals surface area contributed by atoms with E-state index >= 15 is 0 Å². The van der Waals surface area contributed by atoms with Gasteiger partial charge in [0.1, 0.15) is 6.23 Å². The summed E-state index contributed by atoms with van der Waals surface area (Å²) in [7, 11) is 0. The lowest BCUT2D eigenvalue weighted by molar-refractivity contribution is -0.137. The van der Waals surface area contributed by atoms with Crippen LogP contribution in [0, 0.1) is 18.8 Å². The summed E-state index contributed by atoms with van der Waals surface area (Å²) in [5.74, 6) is -0.323. The van der Waals surface area contributed by atoms with Gasteiger partial charge in [0.2, 0.25) is 0 Å². The van der Waals surface area contributed by atoms with Gasteiger partial charge in [0.05, 0.1) is 12.0 Å². The highest BCUT2D eigenvalue weighted by molar-refractivity contribution is 7.86. The van der Waals surface area contributed by atoms with Crippen molar-refractivity contribution in [2.24, 2.45) is 11.8 Å². The van der Waals surface area contributed by atoms with Gasteiger partial charge in [-0.25, -0.2) is 0 Å². The van der Waals surface area contributed by atoms with Crippen LogP contribution in [-0.4, -0.2) is 66.6 Å². The van der Waals surface area contributed by atoms with Crippen LogP contribution in [0.25, 0.3) is 12.2 Å². The SMILES string of the molecule is C=CC1=C(C)[C@@H](CC2N/C(=C\c3[nH]c(/C=C4\NC(O)[C@H](C)[C@H]4[C@H]4C[SH+]4)c(C)c3CCC(=O)O)C(CC=C(O)O)=C2C)NC1=O. The normalized spacial score (nSPS) is 29.7. The van der Waals surface area contributed by atoms with Gasteiger partial charge >= 0.3 is 5.97 Å². The van der Waals surface area contributed by atoms with Gasteiger partial charge in [-0.15, -0.1) is 0 Å². The van der Waals surface area contributed by atoms with Crippen molar-refractivity contribution >= 4 is 35.8 Å². The van der Waals surface area contributed by atoms with Gasteiger partial charge in [0, 0.05) is 52.8 Å². The van der Waals surface area contributed by atoms with E-state index in [0.717, 1.165) is 56.4 Å². The first-order valence-electron chi connectivity index (χ1n) is 15.1. The van der Waals surface area contributed by atoms with Crippen molar-refractivity contribution in [2.75, 3.05) is 5.75 Å². The van der Waals surface area contributed by atoms with Crippen LogP contribution in [0.15, 0.2) is 58.4 Å². The van der Waals surface area contributed by atoms with Crippen LogP contribution in [0.2, 0.25) is 0 Å². The molecule has 0 aliphatic carbocycles. The molecule has 5 rings (SSSR count). The summed E-state index contributed by atoms with van der Waals surface area (Å²) in [5, 5.41) is 49.5. The van der Waals surface area contributed by atoms with Gasteiger partial charge < -0.3 is 41.4 Å². The predicted molar refractivity (Wildman–Crippen MR) is 174 cm³/mol. The third-order valence-electron chi connectivity index (χ3n) is 9.49. The third-order valence-corrected chi connectivity index (χ3v) is 10.6. The second kappa shape index (κ2) is 12.6. The average molecular weight is 624 g/mol. The van der Waals surface area contributed by atoms with E-state index in [-0.39, 0.29) is 42.7 Å². The van der Waals surface area contributed by atoms with E-state index in [1.54, 1.807) is 6.08 Å². The summed E-state index contributed by atoms with van der Waals surface area (Å²) in [6.07, 6.45) is 7.51. The van der Waals surface area contributed by atoms with Gasteiger partial charge in [-0.2, -0.15) is 0 Å². The molecule has 11 heteroatoms. The fourth-order valence-electron chi connectivity index (χ4n) is 6.73. The number of aliphatic carboxylic acids is 1. The van der Waals surface area contributed by atoms with Crippen LogP contribution in [0.3, 0.4) is 0 Å². The Morgan fingerprint density at radius 2 is 1.75 bits per heavy atom. The van der Waals surface area contributed by atoms with Crippen LogP contribution in [0.1, 0.15) is 62.5 Å². The molecule has 0 spiro atoms. The number of carbonyl (C=O) groups excluding carboxylic acids is 1. The first-order valence-corrected chi connectivity index (χ1v) is 16.2. The number of carbonyl (C=O) groups is 2. The molecule has 44 heavy (non-hydrogen) atoms. The molecule has 8 N–H and O–H groups in total. The van der Waals surface area contributed by atoms with E-state index in [9.17, 15) is 30.0 Å². The lowest BCUT2D eigenvalue weighted by Gasteiger charge is -2.20. The topological polar surface area (TPSA) is 167 Å². The first-order chi connectivity index (χ1) is 20.9. The first kappa shape index (κ1) is 31.6. The number of hydrogen-bond donors (Lipinski definition) is 8. The van der Waals surface area contributed by atoms with Gasteiger partial charge in [0.15, 0.2) is 11.0 Å². The molecular formula is C33H43N4O6S+. The molecule has 0 aromatic carbocycles. The quantitative estimate of drug-likeness (QED) is 0.0804. The molecule has 1 aromatic rings. The molecule has 6 atom stereocenters. The standard InChI is InChI=1S/C33H42N4O6S/c1-6-19-15(2)24(36-33(19)43)11-22-16(3)20(7-9-29(38)39)25(34-22)13-26-21(8-10-30(40)41)17(4)23(35-26)12-27-31(28-14-44-28)18(5)32(42)37-27/h6,9,12-13,18,22,24,28,31-32,34-35,37-39,42H,1,7-8,10-11,14H2,2-5H3,(H,36,43)(H,40,41)/p+1/b25-13-,27-12-/t18-,22?,24-,28-,31-,32?/m1/s1. The fourth-order valence-corrected chi connectivity index (χ4v) is 7.74. The monoisotopic (exact) mass is 623 g/mol. The van der Waals surface area contributed by atoms with Crippen molar-refractivity contribution in [1.29, 1.82) is 0 Å². The van der Waals surface area contributed by atoms with Crippen LogP contribution in [0.5, 0.6) is 0 Å². The van der Waals surface area contributed by atoms with Gasteiger partial charge in [-0.05, 0) is 91.8 Å². The molecule has 1 amide bonds. The number of aromatic nitrogens is 1. The molecule has 1 aromatic heterocycles. The molecule has 0 saturated carbocycles. The largest absolute Gasteiger partial charge is 0.481 e. The highest BCUT2D eigenvalue weighted by Gasteiger charge is 2.51. The number of carboxylic acid groups (broad SMARTS) is 1. The van der Waals surface area contributed by atoms with E-state index in [4.69, 9.17) is 0 Å². The Morgan fingerprint density at radius 3 is 2.36 bits per heavy atom. The maximum atomic E-state index is 12.4. The molecule has 2 unspecified atom stereocenters. The van der Waals surface area contributed by atoms with Gasteiger partial charge in [-0.1, -0.05) is 19.6 Å². The van der Waals surface area contributed by atoms with Crippen molar-refractivity contribution in [1.82, 2.24) is 20.9 Å². The van der Waals surface area contributed by atoms with Crippen molar-refractivity contribution in [3.8, 4) is 0 Å². The van der Waals surface area contributed by atoms with E-state index in [1.807, 2.05) is 26.8 Å². The molecular weight excluding hydrogens is 580 g/mol. The number of aromatic amines is 1. The Bertz CT molecular complexity index is 1520. The summed E-state index contributed by atoms with van der Waals surface area (Å²) < 4.78 is 0. The number of hydrogen-bond acceptors (Lipinski definition) is 7. The number of thiol groups is 1. The Morgan fingerprint density at radius 1 is 1.05 bits per heavy atom. The molecule has 4 aliphatic rings. The lowest BCUT2D eigenvalue weighted by atomic mass is 9.91. The van der Waals surface area contributed by atoms with Gasteiger partial charge in [0.25, 0.3) is 11.9 Å². The summed E-state index contributed by atoms with van der Waals surface area (Å²) in [6.45, 7) is 11.7. The van der Waals surface area contributed by atoms with E-state index in [0.29, 0.717) is 23.7 Å². The number of aliphatic hydroxyl groups is 3. The fraction of sp³-hybridized carbons (Fsp3) is 0.455. The Balaban J connectivity index is 1.51. The van der Waals surface area contributed by atoms with Crippen LogP contribution < -0.4 is 16.0 Å². The minimum absolute atomic E-state index is 0.0278. The smallest absolute Gasteiger partial charge is 0.303 e. The maximum Gasteiger partial charge on any atom is 0.303 e. The molecule has 2 saturated heterocycles. The molecule has 236 valence electrons. The summed E-state index contributed by atoms with van der Waals surface area (Å²) in [4.78, 5) is 27.5.